The third-order valence-corrected chi connectivity index (χ3v) is 4.81. The fourth-order valence-corrected chi connectivity index (χ4v) is 3.34. The van der Waals surface area contributed by atoms with E-state index in [4.69, 9.17) is 4.74 Å². The Labute approximate surface area is 139 Å². The lowest BCUT2D eigenvalue weighted by molar-refractivity contribution is -0.152. The summed E-state index contributed by atoms with van der Waals surface area (Å²) in [6.45, 7) is 4.60. The molecule has 2 rings (SSSR count). The van der Waals surface area contributed by atoms with Gasteiger partial charge in [-0.1, -0.05) is 12.1 Å². The van der Waals surface area contributed by atoms with Gasteiger partial charge in [-0.3, -0.25) is 14.4 Å². The zero-order valence-electron chi connectivity index (χ0n) is 13.2. The number of thioether (sulfide) groups is 1. The van der Waals surface area contributed by atoms with Gasteiger partial charge in [-0.25, -0.2) is 0 Å². The molecule has 7 heteroatoms. The van der Waals surface area contributed by atoms with Crippen molar-refractivity contribution in [2.75, 3.05) is 25.0 Å². The molecule has 0 spiro atoms. The average molecular weight is 336 g/mol. The molecule has 23 heavy (non-hydrogen) atoms. The number of hydrogen-bond donors (Lipinski definition) is 1. The van der Waals surface area contributed by atoms with Crippen molar-refractivity contribution < 1.29 is 19.1 Å². The van der Waals surface area contributed by atoms with Crippen LogP contribution in [0, 0.1) is 0 Å². The molecule has 1 atom stereocenters. The number of nitrogens with zero attached hydrogens (tertiary/aromatic N) is 1. The van der Waals surface area contributed by atoms with Crippen LogP contribution in [0.5, 0.6) is 0 Å². The number of ether oxygens (including phenoxy) is 1. The number of esters is 1. The van der Waals surface area contributed by atoms with Gasteiger partial charge >= 0.3 is 5.97 Å². The summed E-state index contributed by atoms with van der Waals surface area (Å²) in [6.07, 6.45) is -0.0592. The van der Waals surface area contributed by atoms with Gasteiger partial charge in [0.2, 0.25) is 5.91 Å². The van der Waals surface area contributed by atoms with Crippen LogP contribution >= 0.6 is 11.8 Å². The summed E-state index contributed by atoms with van der Waals surface area (Å²) in [4.78, 5) is 38.2. The number of hydrogen-bond acceptors (Lipinski definition) is 5. The van der Waals surface area contributed by atoms with Gasteiger partial charge < -0.3 is 15.0 Å². The van der Waals surface area contributed by atoms with Gasteiger partial charge in [0.25, 0.3) is 5.91 Å². The average Bonchev–Trinajstić information content (AvgIpc) is 2.55. The highest BCUT2D eigenvalue weighted by Crippen LogP contribution is 2.36. The molecular weight excluding hydrogens is 316 g/mol. The van der Waals surface area contributed by atoms with Crippen molar-refractivity contribution in [1.82, 2.24) is 4.90 Å². The smallest absolute Gasteiger partial charge is 0.307 e. The lowest BCUT2D eigenvalue weighted by Gasteiger charge is -2.23. The van der Waals surface area contributed by atoms with Gasteiger partial charge in [0, 0.05) is 18.0 Å². The molecule has 0 fully saturated rings. The van der Waals surface area contributed by atoms with Crippen LogP contribution in [0.3, 0.4) is 0 Å². The Kier molecular flexibility index (Phi) is 6.04. The number of nitrogens with one attached hydrogen (secondary N) is 1. The number of fused-ring (bicyclic) bond motifs is 1. The lowest BCUT2D eigenvalue weighted by Crippen LogP contribution is -2.35. The molecule has 0 saturated heterocycles. The molecular formula is C16H20N2O4S. The van der Waals surface area contributed by atoms with Crippen LogP contribution in [-0.2, 0) is 19.1 Å². The van der Waals surface area contributed by atoms with Crippen molar-refractivity contribution in [2.45, 2.75) is 30.4 Å². The Balaban J connectivity index is 1.86. The van der Waals surface area contributed by atoms with E-state index in [1.54, 1.807) is 4.90 Å². The van der Waals surface area contributed by atoms with Crippen molar-refractivity contribution in [3.8, 4) is 0 Å². The quantitative estimate of drug-likeness (QED) is 0.803. The Morgan fingerprint density at radius 2 is 1.96 bits per heavy atom. The van der Waals surface area contributed by atoms with Crippen LogP contribution in [0.1, 0.15) is 20.3 Å². The first-order valence-corrected chi connectivity index (χ1v) is 8.43. The molecule has 1 aromatic carbocycles. The Bertz CT molecular complexity index is 601. The fourth-order valence-electron chi connectivity index (χ4n) is 2.25. The van der Waals surface area contributed by atoms with E-state index in [1.165, 1.54) is 11.8 Å². The highest BCUT2D eigenvalue weighted by molar-refractivity contribution is 8.01. The van der Waals surface area contributed by atoms with E-state index < -0.39 is 11.2 Å². The molecule has 124 valence electrons. The second-order valence-corrected chi connectivity index (χ2v) is 6.27. The molecule has 1 heterocycles. The molecule has 0 aliphatic carbocycles. The van der Waals surface area contributed by atoms with E-state index in [9.17, 15) is 14.4 Å². The molecule has 0 radical (unpaired) electrons. The number of amides is 2. The summed E-state index contributed by atoms with van der Waals surface area (Å²) in [5, 5.41) is 2.23. The molecule has 1 unspecified atom stereocenters. The molecule has 6 nitrogen and oxygen atoms in total. The number of carbonyl (C=O) groups excluding carboxylic acids is 3. The van der Waals surface area contributed by atoms with Crippen molar-refractivity contribution in [2.24, 2.45) is 0 Å². The number of rotatable bonds is 6. The Hall–Kier alpha value is -2.02. The topological polar surface area (TPSA) is 75.7 Å². The van der Waals surface area contributed by atoms with Gasteiger partial charge in [-0.15, -0.1) is 11.8 Å². The molecule has 1 N–H and O–H groups in total. The molecule has 2 amide bonds. The van der Waals surface area contributed by atoms with E-state index in [2.05, 4.69) is 5.32 Å². The van der Waals surface area contributed by atoms with E-state index in [0.29, 0.717) is 13.1 Å². The lowest BCUT2D eigenvalue weighted by atomic mass is 10.2. The van der Waals surface area contributed by atoms with E-state index >= 15 is 0 Å². The largest absolute Gasteiger partial charge is 0.456 e. The van der Waals surface area contributed by atoms with Crippen LogP contribution in [0.2, 0.25) is 0 Å². The number of carbonyl (C=O) groups is 3. The van der Waals surface area contributed by atoms with Crippen LogP contribution in [-0.4, -0.2) is 47.6 Å². The normalized spacial score (nSPS) is 16.3. The van der Waals surface area contributed by atoms with Crippen molar-refractivity contribution in [1.29, 1.82) is 0 Å². The Morgan fingerprint density at radius 1 is 1.26 bits per heavy atom. The van der Waals surface area contributed by atoms with Gasteiger partial charge in [-0.2, -0.15) is 0 Å². The van der Waals surface area contributed by atoms with Gasteiger partial charge in [-0.05, 0) is 26.0 Å². The molecule has 1 aromatic rings. The first-order chi connectivity index (χ1) is 11.0. The highest BCUT2D eigenvalue weighted by Gasteiger charge is 2.29. The minimum absolute atomic E-state index is 0.0592. The third kappa shape index (κ3) is 4.48. The SMILES string of the molecule is CCN(CC)C(=O)COC(=O)CC1Sc2ccccc2NC1=O. The maximum absolute atomic E-state index is 12.0. The second-order valence-electron chi connectivity index (χ2n) is 5.02. The first kappa shape index (κ1) is 17.3. The highest BCUT2D eigenvalue weighted by atomic mass is 32.2. The summed E-state index contributed by atoms with van der Waals surface area (Å²) in [5.41, 5.74) is 0.754. The molecule has 0 saturated carbocycles. The van der Waals surface area contributed by atoms with Gasteiger partial charge in [0.05, 0.1) is 17.4 Å². The van der Waals surface area contributed by atoms with Crippen LogP contribution in [0.4, 0.5) is 5.69 Å². The maximum Gasteiger partial charge on any atom is 0.307 e. The van der Waals surface area contributed by atoms with E-state index in [-0.39, 0.29) is 24.8 Å². The van der Waals surface area contributed by atoms with Gasteiger partial charge in [0.15, 0.2) is 6.61 Å². The predicted octanol–water partition coefficient (Wildman–Crippen LogP) is 1.90. The second kappa shape index (κ2) is 8.01. The number of anilines is 1. The minimum atomic E-state index is -0.544. The molecule has 1 aliphatic heterocycles. The van der Waals surface area contributed by atoms with Gasteiger partial charge in [0.1, 0.15) is 0 Å². The summed E-state index contributed by atoms with van der Waals surface area (Å²) < 4.78 is 5.00. The fraction of sp³-hybridized carbons (Fsp3) is 0.438. The first-order valence-electron chi connectivity index (χ1n) is 7.55. The minimum Gasteiger partial charge on any atom is -0.456 e. The van der Waals surface area contributed by atoms with Crippen LogP contribution in [0.25, 0.3) is 0 Å². The van der Waals surface area contributed by atoms with Crippen molar-refractivity contribution in [3.63, 3.8) is 0 Å². The molecule has 0 bridgehead atoms. The zero-order valence-corrected chi connectivity index (χ0v) is 14.0. The Morgan fingerprint density at radius 3 is 2.65 bits per heavy atom. The zero-order chi connectivity index (χ0) is 16.8. The summed E-state index contributed by atoms with van der Waals surface area (Å²) in [6, 6.07) is 7.42. The molecule has 1 aliphatic rings. The monoisotopic (exact) mass is 336 g/mol. The standard InChI is InChI=1S/C16H20N2O4S/c1-3-18(4-2)14(19)10-22-15(20)9-13-16(21)17-11-7-5-6-8-12(11)23-13/h5-8,13H,3-4,9-10H2,1-2H3,(H,17,21). The third-order valence-electron chi connectivity index (χ3n) is 3.53. The summed E-state index contributed by atoms with van der Waals surface area (Å²) >= 11 is 1.33. The van der Waals surface area contributed by atoms with E-state index in [0.717, 1.165) is 10.6 Å². The number of likely N-dealkylation sites (N-methyl/N-ethyl adjacent to an activating group) is 1. The number of benzene rings is 1. The van der Waals surface area contributed by atoms with Crippen molar-refractivity contribution in [3.05, 3.63) is 24.3 Å². The summed E-state index contributed by atoms with van der Waals surface area (Å²) in [7, 11) is 0. The summed E-state index contributed by atoms with van der Waals surface area (Å²) in [5.74, 6) is -0.993. The van der Waals surface area contributed by atoms with Crippen LogP contribution in [0.15, 0.2) is 29.2 Å². The molecule has 0 aromatic heterocycles. The number of para-hydroxylation sites is 1. The maximum atomic E-state index is 12.0. The van der Waals surface area contributed by atoms with Crippen LogP contribution < -0.4 is 5.32 Å². The van der Waals surface area contributed by atoms with Crippen molar-refractivity contribution >= 4 is 35.2 Å². The van der Waals surface area contributed by atoms with E-state index in [1.807, 2.05) is 38.1 Å². The predicted molar refractivity (Wildman–Crippen MR) is 88.2 cm³/mol.